The molecule has 3 heteroatoms. The van der Waals surface area contributed by atoms with E-state index in [1.807, 2.05) is 12.1 Å². The first-order chi connectivity index (χ1) is 9.72. The SMILES string of the molecule is O=C(NCC12CC3CC(CC(C3)C1)C2)c1ccccn1. The van der Waals surface area contributed by atoms with Gasteiger partial charge in [-0.15, -0.1) is 0 Å². The Labute approximate surface area is 120 Å². The van der Waals surface area contributed by atoms with Crippen molar-refractivity contribution in [2.45, 2.75) is 38.5 Å². The van der Waals surface area contributed by atoms with Gasteiger partial charge in [-0.3, -0.25) is 9.78 Å². The Morgan fingerprint density at radius 3 is 2.35 bits per heavy atom. The Kier molecular flexibility index (Phi) is 2.83. The van der Waals surface area contributed by atoms with Crippen LogP contribution < -0.4 is 5.32 Å². The minimum absolute atomic E-state index is 0.0126. The molecule has 4 aliphatic carbocycles. The average Bonchev–Trinajstić information content (AvgIpc) is 2.44. The van der Waals surface area contributed by atoms with Crippen LogP contribution in [-0.4, -0.2) is 17.4 Å². The molecule has 3 nitrogen and oxygen atoms in total. The summed E-state index contributed by atoms with van der Waals surface area (Å²) in [5.74, 6) is 2.80. The molecular formula is C17H22N2O. The van der Waals surface area contributed by atoms with Gasteiger partial charge in [0.05, 0.1) is 0 Å². The van der Waals surface area contributed by atoms with E-state index in [0.29, 0.717) is 11.1 Å². The third-order valence-corrected chi connectivity index (χ3v) is 5.69. The van der Waals surface area contributed by atoms with Crippen molar-refractivity contribution < 1.29 is 4.79 Å². The second-order valence-corrected chi connectivity index (χ2v) is 7.32. The summed E-state index contributed by atoms with van der Waals surface area (Å²) >= 11 is 0. The number of hydrogen-bond donors (Lipinski definition) is 1. The van der Waals surface area contributed by atoms with Crippen LogP contribution in [0.1, 0.15) is 49.0 Å². The van der Waals surface area contributed by atoms with Crippen LogP contribution >= 0.6 is 0 Å². The van der Waals surface area contributed by atoms with Crippen molar-refractivity contribution in [1.82, 2.24) is 10.3 Å². The molecule has 4 bridgehead atoms. The highest BCUT2D eigenvalue weighted by atomic mass is 16.1. The summed E-state index contributed by atoms with van der Waals surface area (Å²) in [4.78, 5) is 16.3. The summed E-state index contributed by atoms with van der Waals surface area (Å²) in [6.07, 6.45) is 10.0. The molecule has 0 unspecified atom stereocenters. The van der Waals surface area contributed by atoms with Gasteiger partial charge in [-0.05, 0) is 73.8 Å². The van der Waals surface area contributed by atoms with Crippen molar-refractivity contribution in [3.63, 3.8) is 0 Å². The molecule has 0 radical (unpaired) electrons. The van der Waals surface area contributed by atoms with E-state index in [1.165, 1.54) is 38.5 Å². The van der Waals surface area contributed by atoms with Crippen molar-refractivity contribution in [2.24, 2.45) is 23.2 Å². The van der Waals surface area contributed by atoms with Gasteiger partial charge in [-0.25, -0.2) is 0 Å². The first kappa shape index (κ1) is 12.4. The minimum atomic E-state index is -0.0126. The quantitative estimate of drug-likeness (QED) is 0.917. The number of carbonyl (C=O) groups excluding carboxylic acids is 1. The van der Waals surface area contributed by atoms with Crippen LogP contribution in [-0.2, 0) is 0 Å². The van der Waals surface area contributed by atoms with Crippen LogP contribution in [0, 0.1) is 23.2 Å². The molecule has 1 N–H and O–H groups in total. The standard InChI is InChI=1S/C17H22N2O/c20-16(15-3-1-2-4-18-15)19-11-17-8-12-5-13(9-17)7-14(6-12)10-17/h1-4,12-14H,5-11H2,(H,19,20). The fraction of sp³-hybridized carbons (Fsp3) is 0.647. The predicted molar refractivity (Wildman–Crippen MR) is 77.2 cm³/mol. The van der Waals surface area contributed by atoms with Crippen molar-refractivity contribution in [1.29, 1.82) is 0 Å². The molecule has 1 aromatic heterocycles. The van der Waals surface area contributed by atoms with Crippen LogP contribution in [0.3, 0.4) is 0 Å². The maximum absolute atomic E-state index is 12.2. The maximum atomic E-state index is 12.2. The summed E-state index contributed by atoms with van der Waals surface area (Å²) in [5, 5.41) is 3.15. The van der Waals surface area contributed by atoms with Crippen LogP contribution in [0.2, 0.25) is 0 Å². The van der Waals surface area contributed by atoms with Gasteiger partial charge >= 0.3 is 0 Å². The largest absolute Gasteiger partial charge is 0.350 e. The van der Waals surface area contributed by atoms with Gasteiger partial charge in [0.2, 0.25) is 0 Å². The third kappa shape index (κ3) is 2.13. The number of aromatic nitrogens is 1. The van der Waals surface area contributed by atoms with Crippen LogP contribution in [0.5, 0.6) is 0 Å². The highest BCUT2D eigenvalue weighted by Gasteiger charge is 2.50. The summed E-state index contributed by atoms with van der Waals surface area (Å²) < 4.78 is 0. The zero-order valence-corrected chi connectivity index (χ0v) is 11.8. The second-order valence-electron chi connectivity index (χ2n) is 7.32. The first-order valence-electron chi connectivity index (χ1n) is 7.92. The molecule has 0 spiro atoms. The molecule has 0 saturated heterocycles. The number of nitrogens with zero attached hydrogens (tertiary/aromatic N) is 1. The lowest BCUT2D eigenvalue weighted by Crippen LogP contribution is -2.51. The molecule has 0 atom stereocenters. The molecule has 1 amide bonds. The lowest BCUT2D eigenvalue weighted by atomic mass is 9.49. The number of pyridine rings is 1. The molecule has 4 fully saturated rings. The lowest BCUT2D eigenvalue weighted by molar-refractivity contribution is -0.0503. The van der Waals surface area contributed by atoms with Crippen molar-refractivity contribution >= 4 is 5.91 Å². The minimum Gasteiger partial charge on any atom is -0.350 e. The summed E-state index contributed by atoms with van der Waals surface area (Å²) in [6, 6.07) is 5.50. The molecule has 106 valence electrons. The normalized spacial score (nSPS) is 37.9. The van der Waals surface area contributed by atoms with Gasteiger partial charge in [-0.1, -0.05) is 6.07 Å². The van der Waals surface area contributed by atoms with Crippen LogP contribution in [0.25, 0.3) is 0 Å². The zero-order chi connectivity index (χ0) is 13.6. The highest BCUT2D eigenvalue weighted by Crippen LogP contribution is 2.59. The molecule has 1 aromatic rings. The molecule has 4 saturated carbocycles. The second kappa shape index (κ2) is 4.57. The van der Waals surface area contributed by atoms with E-state index in [1.54, 1.807) is 12.3 Å². The van der Waals surface area contributed by atoms with Gasteiger partial charge in [0.15, 0.2) is 0 Å². The number of amides is 1. The van der Waals surface area contributed by atoms with E-state index in [9.17, 15) is 4.79 Å². The van der Waals surface area contributed by atoms with Crippen molar-refractivity contribution in [2.75, 3.05) is 6.54 Å². The number of hydrogen-bond acceptors (Lipinski definition) is 2. The summed E-state index contributed by atoms with van der Waals surface area (Å²) in [5.41, 5.74) is 0.941. The Morgan fingerprint density at radius 2 is 1.80 bits per heavy atom. The molecular weight excluding hydrogens is 248 g/mol. The number of rotatable bonds is 3. The lowest BCUT2D eigenvalue weighted by Gasteiger charge is -2.56. The summed E-state index contributed by atoms with van der Waals surface area (Å²) in [6.45, 7) is 0.853. The first-order valence-corrected chi connectivity index (χ1v) is 7.92. The molecule has 1 heterocycles. The van der Waals surface area contributed by atoms with Crippen LogP contribution in [0.15, 0.2) is 24.4 Å². The predicted octanol–water partition coefficient (Wildman–Crippen LogP) is 3.03. The molecule has 20 heavy (non-hydrogen) atoms. The smallest absolute Gasteiger partial charge is 0.269 e. The Balaban J connectivity index is 1.43. The molecule has 0 aliphatic heterocycles. The highest BCUT2D eigenvalue weighted by molar-refractivity contribution is 5.92. The fourth-order valence-electron chi connectivity index (χ4n) is 5.36. The van der Waals surface area contributed by atoms with Gasteiger partial charge in [0, 0.05) is 12.7 Å². The number of nitrogens with one attached hydrogen (secondary N) is 1. The van der Waals surface area contributed by atoms with E-state index < -0.39 is 0 Å². The molecule has 4 aliphatic rings. The Morgan fingerprint density at radius 1 is 1.15 bits per heavy atom. The third-order valence-electron chi connectivity index (χ3n) is 5.69. The monoisotopic (exact) mass is 270 g/mol. The van der Waals surface area contributed by atoms with Gasteiger partial charge in [-0.2, -0.15) is 0 Å². The van der Waals surface area contributed by atoms with Crippen molar-refractivity contribution in [3.05, 3.63) is 30.1 Å². The van der Waals surface area contributed by atoms with Crippen LogP contribution in [0.4, 0.5) is 0 Å². The zero-order valence-electron chi connectivity index (χ0n) is 11.8. The Hall–Kier alpha value is -1.38. The Bertz CT molecular complexity index is 476. The van der Waals surface area contributed by atoms with E-state index in [0.717, 1.165) is 24.3 Å². The van der Waals surface area contributed by atoms with Gasteiger partial charge < -0.3 is 5.32 Å². The number of carbonyl (C=O) groups is 1. The van der Waals surface area contributed by atoms with Crippen molar-refractivity contribution in [3.8, 4) is 0 Å². The van der Waals surface area contributed by atoms with E-state index in [4.69, 9.17) is 0 Å². The summed E-state index contributed by atoms with van der Waals surface area (Å²) in [7, 11) is 0. The van der Waals surface area contributed by atoms with E-state index in [-0.39, 0.29) is 5.91 Å². The average molecular weight is 270 g/mol. The topological polar surface area (TPSA) is 42.0 Å². The van der Waals surface area contributed by atoms with E-state index in [2.05, 4.69) is 10.3 Å². The molecule has 5 rings (SSSR count). The fourth-order valence-corrected chi connectivity index (χ4v) is 5.36. The van der Waals surface area contributed by atoms with Gasteiger partial charge in [0.1, 0.15) is 5.69 Å². The van der Waals surface area contributed by atoms with E-state index >= 15 is 0 Å². The molecule has 0 aromatic carbocycles. The van der Waals surface area contributed by atoms with Gasteiger partial charge in [0.25, 0.3) is 5.91 Å². The maximum Gasteiger partial charge on any atom is 0.269 e.